The van der Waals surface area contributed by atoms with E-state index in [2.05, 4.69) is 16.0 Å². The lowest BCUT2D eigenvalue weighted by Crippen LogP contribution is -2.41. The summed E-state index contributed by atoms with van der Waals surface area (Å²) in [5, 5.41) is 8.46. The Morgan fingerprint density at radius 2 is 1.41 bits per heavy atom. The first kappa shape index (κ1) is 38.6. The van der Waals surface area contributed by atoms with Crippen LogP contribution in [0.2, 0.25) is 0 Å². The maximum Gasteiger partial charge on any atom is 0.407 e. The summed E-state index contributed by atoms with van der Waals surface area (Å²) in [6, 6.07) is 3.90. The number of amides is 3. The Morgan fingerprint density at radius 1 is 0.864 bits per heavy atom. The average Bonchev–Trinajstić information content (AvgIpc) is 3.23. The van der Waals surface area contributed by atoms with Crippen LogP contribution in [0.5, 0.6) is 0 Å². The van der Waals surface area contributed by atoms with Crippen LogP contribution in [-0.2, 0) is 33.3 Å². The maximum atomic E-state index is 12.9. The van der Waals surface area contributed by atoms with E-state index in [-0.39, 0.29) is 24.0 Å². The summed E-state index contributed by atoms with van der Waals surface area (Å²) < 4.78 is 26.9. The molecule has 0 spiro atoms. The highest BCUT2D eigenvalue weighted by atomic mass is 16.6. The molecule has 0 radical (unpaired) electrons. The van der Waals surface area contributed by atoms with Crippen molar-refractivity contribution in [3.63, 3.8) is 0 Å². The summed E-state index contributed by atoms with van der Waals surface area (Å²) in [6.07, 6.45) is 0.855. The average molecular weight is 625 g/mol. The van der Waals surface area contributed by atoms with Crippen molar-refractivity contribution in [1.29, 1.82) is 0 Å². The highest BCUT2D eigenvalue weighted by molar-refractivity contribution is 6.24. The van der Waals surface area contributed by atoms with Gasteiger partial charge in [-0.1, -0.05) is 6.07 Å². The van der Waals surface area contributed by atoms with Gasteiger partial charge in [0.1, 0.15) is 18.2 Å². The van der Waals surface area contributed by atoms with Gasteiger partial charge in [-0.25, -0.2) is 4.79 Å². The van der Waals surface area contributed by atoms with E-state index in [9.17, 15) is 24.0 Å². The Kier molecular flexibility index (Phi) is 19.4. The summed E-state index contributed by atoms with van der Waals surface area (Å²) in [7, 11) is 3.75. The Hall–Kier alpha value is -3.43. The van der Waals surface area contributed by atoms with Crippen LogP contribution in [0.3, 0.4) is 0 Å². The third-order valence-corrected chi connectivity index (χ3v) is 5.61. The van der Waals surface area contributed by atoms with E-state index in [0.717, 1.165) is 4.90 Å². The Bertz CT molecular complexity index is 1030. The van der Waals surface area contributed by atoms with Crippen molar-refractivity contribution in [3.05, 3.63) is 29.3 Å². The van der Waals surface area contributed by atoms with Crippen LogP contribution >= 0.6 is 0 Å². The molecule has 0 aromatic heterocycles. The molecule has 3 N–H and O–H groups in total. The number of rotatable bonds is 21. The number of fused-ring (bicyclic) bond motifs is 1. The van der Waals surface area contributed by atoms with Crippen molar-refractivity contribution in [2.75, 3.05) is 85.4 Å². The number of carbonyl (C=O) groups is 5. The van der Waals surface area contributed by atoms with Crippen LogP contribution < -0.4 is 16.0 Å². The molecule has 2 rings (SSSR count). The normalized spacial score (nSPS) is 13.1. The smallest absolute Gasteiger partial charge is 0.407 e. The van der Waals surface area contributed by atoms with Crippen molar-refractivity contribution < 1.29 is 47.7 Å². The van der Waals surface area contributed by atoms with Gasteiger partial charge in [-0.2, -0.15) is 0 Å². The number of hydrogen-bond acceptors (Lipinski definition) is 12. The van der Waals surface area contributed by atoms with Crippen LogP contribution in [0.4, 0.5) is 10.5 Å². The Balaban J connectivity index is 0.00000309. The van der Waals surface area contributed by atoms with Crippen molar-refractivity contribution in [2.45, 2.75) is 45.3 Å². The molecule has 1 atom stereocenters. The minimum absolute atomic E-state index is 0.0724. The zero-order valence-corrected chi connectivity index (χ0v) is 26.5. The summed E-state index contributed by atoms with van der Waals surface area (Å²) in [4.78, 5) is 60.3. The molecule has 0 saturated heterocycles. The quantitative estimate of drug-likeness (QED) is 0.103. The molecule has 1 heterocycles. The first-order chi connectivity index (χ1) is 21.1. The minimum atomic E-state index is -0.984. The number of imide groups is 1. The fraction of sp³-hybridized carbons (Fsp3) is 0.633. The minimum Gasteiger partial charge on any atom is -0.444 e. The zero-order chi connectivity index (χ0) is 32.8. The standard InChI is InChI=1S/C28H41N3O10.C2H7N/c1-28(2,3)41-27(36)30-10-13-38-15-17-40-19-18-39-16-14-37-12-9-29-23-8-4-7-22-24(23)26(35)31(25(22)34)21(20-33)6-5-11-32;1-3-2/h4,7-8,11,20-21,29H,5-6,9-10,12-19H2,1-3H3,(H,30,36);3H,1-2H3. The molecule has 14 heteroatoms. The molecule has 0 bridgehead atoms. The molecule has 44 heavy (non-hydrogen) atoms. The Morgan fingerprint density at radius 3 is 1.93 bits per heavy atom. The Labute approximate surface area is 259 Å². The van der Waals surface area contributed by atoms with E-state index in [4.69, 9.17) is 23.7 Å². The van der Waals surface area contributed by atoms with Crippen molar-refractivity contribution in [2.24, 2.45) is 0 Å². The van der Waals surface area contributed by atoms with Gasteiger partial charge in [-0.05, 0) is 53.4 Å². The third kappa shape index (κ3) is 14.8. The molecule has 1 aromatic carbocycles. The highest BCUT2D eigenvalue weighted by Gasteiger charge is 2.41. The van der Waals surface area contributed by atoms with Gasteiger partial charge in [-0.3, -0.25) is 14.5 Å². The third-order valence-electron chi connectivity index (χ3n) is 5.61. The van der Waals surface area contributed by atoms with E-state index in [1.807, 2.05) is 14.1 Å². The number of ether oxygens (including phenoxy) is 5. The molecular weight excluding hydrogens is 576 g/mol. The second-order valence-electron chi connectivity index (χ2n) is 10.5. The van der Waals surface area contributed by atoms with Crippen molar-refractivity contribution in [1.82, 2.24) is 15.5 Å². The van der Waals surface area contributed by atoms with Crippen LogP contribution in [0.1, 0.15) is 54.3 Å². The van der Waals surface area contributed by atoms with Gasteiger partial charge in [-0.15, -0.1) is 0 Å². The monoisotopic (exact) mass is 624 g/mol. The van der Waals surface area contributed by atoms with E-state index in [0.29, 0.717) is 84.2 Å². The predicted octanol–water partition coefficient (Wildman–Crippen LogP) is 1.67. The molecule has 248 valence electrons. The summed E-state index contributed by atoms with van der Waals surface area (Å²) in [5.74, 6) is -1.11. The van der Waals surface area contributed by atoms with Crippen molar-refractivity contribution in [3.8, 4) is 0 Å². The molecule has 3 amide bonds. The van der Waals surface area contributed by atoms with Crippen LogP contribution in [-0.4, -0.2) is 127 Å². The van der Waals surface area contributed by atoms with E-state index < -0.39 is 29.6 Å². The first-order valence-corrected chi connectivity index (χ1v) is 14.6. The van der Waals surface area contributed by atoms with E-state index >= 15 is 0 Å². The van der Waals surface area contributed by atoms with Crippen molar-refractivity contribution >= 4 is 36.2 Å². The molecular formula is C30H48N4O10. The van der Waals surface area contributed by atoms with E-state index in [1.165, 1.54) is 0 Å². The molecule has 0 fully saturated rings. The molecule has 14 nitrogen and oxygen atoms in total. The first-order valence-electron chi connectivity index (χ1n) is 14.6. The van der Waals surface area contributed by atoms with Gasteiger partial charge >= 0.3 is 6.09 Å². The van der Waals surface area contributed by atoms with Gasteiger partial charge in [0.05, 0.1) is 70.0 Å². The molecule has 0 saturated carbocycles. The van der Waals surface area contributed by atoms with E-state index in [1.54, 1.807) is 39.0 Å². The number of aldehydes is 2. The summed E-state index contributed by atoms with van der Waals surface area (Å²) >= 11 is 0. The van der Waals surface area contributed by atoms with Gasteiger partial charge in [0, 0.05) is 25.2 Å². The lowest BCUT2D eigenvalue weighted by atomic mass is 10.1. The largest absolute Gasteiger partial charge is 0.444 e. The molecule has 1 aliphatic rings. The van der Waals surface area contributed by atoms with Gasteiger partial charge in [0.15, 0.2) is 0 Å². The second-order valence-corrected chi connectivity index (χ2v) is 10.5. The van der Waals surface area contributed by atoms with Gasteiger partial charge < -0.3 is 49.2 Å². The number of anilines is 1. The van der Waals surface area contributed by atoms with Gasteiger partial charge in [0.25, 0.3) is 11.8 Å². The predicted molar refractivity (Wildman–Crippen MR) is 163 cm³/mol. The zero-order valence-electron chi connectivity index (χ0n) is 26.5. The fourth-order valence-electron chi connectivity index (χ4n) is 3.81. The molecule has 1 aromatic rings. The SMILES string of the molecule is CC(C)(C)OC(=O)NCCOCCOCCOCCOCCNc1cccc2c1C(=O)N(C(C=O)CCC=O)C2=O.CNC. The molecule has 1 aliphatic heterocycles. The number of alkyl carbamates (subject to hydrolysis) is 1. The lowest BCUT2D eigenvalue weighted by molar-refractivity contribution is -0.112. The fourth-order valence-corrected chi connectivity index (χ4v) is 3.81. The lowest BCUT2D eigenvalue weighted by Gasteiger charge is -2.20. The summed E-state index contributed by atoms with van der Waals surface area (Å²) in [5.41, 5.74) is 0.369. The number of nitrogens with one attached hydrogen (secondary N) is 3. The molecule has 0 aliphatic carbocycles. The van der Waals surface area contributed by atoms with Crippen LogP contribution in [0, 0.1) is 0 Å². The molecule has 1 unspecified atom stereocenters. The number of hydrogen-bond donors (Lipinski definition) is 3. The number of nitrogens with zero attached hydrogens (tertiary/aromatic N) is 1. The highest BCUT2D eigenvalue weighted by Crippen LogP contribution is 2.31. The topological polar surface area (TPSA) is 171 Å². The summed E-state index contributed by atoms with van der Waals surface area (Å²) in [6.45, 7) is 9.18. The number of benzene rings is 1. The van der Waals surface area contributed by atoms with Crippen LogP contribution in [0.15, 0.2) is 18.2 Å². The maximum absolute atomic E-state index is 12.9. The van der Waals surface area contributed by atoms with Crippen LogP contribution in [0.25, 0.3) is 0 Å². The number of carbonyl (C=O) groups excluding carboxylic acids is 5. The van der Waals surface area contributed by atoms with Gasteiger partial charge in [0.2, 0.25) is 0 Å². The second kappa shape index (κ2) is 22.1.